The Kier molecular flexibility index (Phi) is 50.8. The van der Waals surface area contributed by atoms with Crippen LogP contribution in [0.2, 0.25) is 0 Å². The molecule has 0 bridgehead atoms. The summed E-state index contributed by atoms with van der Waals surface area (Å²) in [5.41, 5.74) is 0. The molecule has 9 nitrogen and oxygen atoms in total. The van der Waals surface area contributed by atoms with Crippen LogP contribution in [0.25, 0.3) is 0 Å². The van der Waals surface area contributed by atoms with E-state index in [9.17, 15) is 24.2 Å². The molecule has 388 valence electrons. The number of rotatable bonds is 51. The second kappa shape index (κ2) is 52.8. The lowest BCUT2D eigenvalue weighted by Gasteiger charge is -2.15. The number of phosphoric ester groups is 1. The SMILES string of the molecule is CCCCC/C=C\C/C=C\C/C=C\C/C=C\CCCCCCCCCC(=O)NCCOP(=O)(O)OCC(O)COC(=O)CCCCCCCCCCCCCCC/C=C\C/C=C\CCCCC. The largest absolute Gasteiger partial charge is 0.472 e. The Labute approximate surface area is 411 Å². The van der Waals surface area contributed by atoms with Crippen LogP contribution in [-0.2, 0) is 27.9 Å². The highest BCUT2D eigenvalue weighted by molar-refractivity contribution is 7.47. The van der Waals surface area contributed by atoms with Gasteiger partial charge in [-0.15, -0.1) is 0 Å². The van der Waals surface area contributed by atoms with Crippen LogP contribution in [0, 0.1) is 0 Å². The molecule has 2 unspecified atom stereocenters. The van der Waals surface area contributed by atoms with Gasteiger partial charge >= 0.3 is 13.8 Å². The van der Waals surface area contributed by atoms with E-state index >= 15 is 0 Å². The normalized spacial score (nSPS) is 13.7. The third-order valence-corrected chi connectivity index (χ3v) is 12.6. The second-order valence-corrected chi connectivity index (χ2v) is 19.6. The third-order valence-electron chi connectivity index (χ3n) is 11.6. The summed E-state index contributed by atoms with van der Waals surface area (Å²) >= 11 is 0. The van der Waals surface area contributed by atoms with Crippen LogP contribution in [0.15, 0.2) is 72.9 Å². The minimum atomic E-state index is -4.43. The summed E-state index contributed by atoms with van der Waals surface area (Å²) in [5, 5.41) is 12.8. The Morgan fingerprint density at radius 2 is 0.806 bits per heavy atom. The van der Waals surface area contributed by atoms with Gasteiger partial charge in [-0.3, -0.25) is 18.6 Å². The van der Waals surface area contributed by atoms with Gasteiger partial charge in [0, 0.05) is 19.4 Å². The first-order valence-corrected chi connectivity index (χ1v) is 28.9. The van der Waals surface area contributed by atoms with E-state index in [-0.39, 0.29) is 32.1 Å². The van der Waals surface area contributed by atoms with Gasteiger partial charge in [0.1, 0.15) is 12.7 Å². The Bertz CT molecular complexity index is 1320. The average Bonchev–Trinajstić information content (AvgIpc) is 3.32. The fourth-order valence-electron chi connectivity index (χ4n) is 7.45. The van der Waals surface area contributed by atoms with E-state index in [1.165, 1.54) is 148 Å². The highest BCUT2D eigenvalue weighted by Gasteiger charge is 2.23. The van der Waals surface area contributed by atoms with Gasteiger partial charge in [0.15, 0.2) is 0 Å². The number of aliphatic hydroxyl groups excluding tert-OH is 1. The van der Waals surface area contributed by atoms with Crippen molar-refractivity contribution in [2.75, 3.05) is 26.4 Å². The first-order valence-electron chi connectivity index (χ1n) is 27.4. The van der Waals surface area contributed by atoms with E-state index in [0.29, 0.717) is 6.42 Å². The van der Waals surface area contributed by atoms with Crippen LogP contribution in [0.4, 0.5) is 0 Å². The number of carbonyl (C=O) groups excluding carboxylic acids is 2. The van der Waals surface area contributed by atoms with Crippen LogP contribution in [0.1, 0.15) is 245 Å². The van der Waals surface area contributed by atoms with Crippen molar-refractivity contribution < 1.29 is 37.9 Å². The zero-order chi connectivity index (χ0) is 48.8. The molecule has 0 aromatic heterocycles. The fraction of sp³-hybridized carbons (Fsp3) is 0.754. The van der Waals surface area contributed by atoms with E-state index in [0.717, 1.165) is 70.6 Å². The summed E-state index contributed by atoms with van der Waals surface area (Å²) in [7, 11) is -4.43. The van der Waals surface area contributed by atoms with Crippen LogP contribution in [0.5, 0.6) is 0 Å². The number of ether oxygens (including phenoxy) is 1. The molecule has 0 aromatic carbocycles. The number of phosphoric acid groups is 1. The summed E-state index contributed by atoms with van der Waals surface area (Å²) in [6.45, 7) is 3.51. The predicted molar refractivity (Wildman–Crippen MR) is 284 cm³/mol. The summed E-state index contributed by atoms with van der Waals surface area (Å²) in [6.07, 6.45) is 67.0. The number of hydrogen-bond donors (Lipinski definition) is 3. The smallest absolute Gasteiger partial charge is 0.463 e. The topological polar surface area (TPSA) is 131 Å². The van der Waals surface area contributed by atoms with Crippen LogP contribution < -0.4 is 5.32 Å². The van der Waals surface area contributed by atoms with Crippen molar-refractivity contribution in [3.8, 4) is 0 Å². The molecule has 10 heteroatoms. The molecule has 0 aliphatic carbocycles. The predicted octanol–water partition coefficient (Wildman–Crippen LogP) is 16.6. The van der Waals surface area contributed by atoms with Crippen molar-refractivity contribution in [1.29, 1.82) is 0 Å². The third kappa shape index (κ3) is 54.3. The maximum Gasteiger partial charge on any atom is 0.472 e. The number of aliphatic hydroxyl groups is 1. The van der Waals surface area contributed by atoms with Gasteiger partial charge in [0.05, 0.1) is 13.2 Å². The van der Waals surface area contributed by atoms with Crippen LogP contribution >= 0.6 is 7.82 Å². The summed E-state index contributed by atoms with van der Waals surface area (Å²) in [5.74, 6) is -0.526. The minimum Gasteiger partial charge on any atom is -0.463 e. The number of allylic oxidation sites excluding steroid dienone is 12. The van der Waals surface area contributed by atoms with Crippen LogP contribution in [0.3, 0.4) is 0 Å². The molecule has 0 radical (unpaired) electrons. The summed E-state index contributed by atoms with van der Waals surface area (Å²) in [4.78, 5) is 34.1. The van der Waals surface area contributed by atoms with Crippen LogP contribution in [-0.4, -0.2) is 54.3 Å². The Balaban J connectivity index is 3.57. The first kappa shape index (κ1) is 64.5. The van der Waals surface area contributed by atoms with E-state index in [1.807, 2.05) is 0 Å². The quantitative estimate of drug-likeness (QED) is 0.0238. The van der Waals surface area contributed by atoms with E-state index < -0.39 is 26.5 Å². The maximum atomic E-state index is 12.2. The molecule has 2 atom stereocenters. The lowest BCUT2D eigenvalue weighted by atomic mass is 10.0. The zero-order valence-electron chi connectivity index (χ0n) is 43.1. The lowest BCUT2D eigenvalue weighted by molar-refractivity contribution is -0.147. The van der Waals surface area contributed by atoms with Crippen molar-refractivity contribution in [2.24, 2.45) is 0 Å². The van der Waals surface area contributed by atoms with Crippen molar-refractivity contribution in [2.45, 2.75) is 251 Å². The highest BCUT2D eigenvalue weighted by atomic mass is 31.2. The molecule has 3 N–H and O–H groups in total. The van der Waals surface area contributed by atoms with Crippen molar-refractivity contribution in [3.63, 3.8) is 0 Å². The molecule has 0 aliphatic rings. The highest BCUT2D eigenvalue weighted by Crippen LogP contribution is 2.42. The summed E-state index contributed by atoms with van der Waals surface area (Å²) in [6, 6.07) is 0. The number of carbonyl (C=O) groups is 2. The van der Waals surface area contributed by atoms with Crippen molar-refractivity contribution in [3.05, 3.63) is 72.9 Å². The number of esters is 1. The van der Waals surface area contributed by atoms with Crippen molar-refractivity contribution in [1.82, 2.24) is 5.32 Å². The zero-order valence-corrected chi connectivity index (χ0v) is 44.0. The standard InChI is InChI=1S/C57H102NO8P/c1-3-5-7-9-11-13-15-17-19-21-23-25-27-29-31-33-35-37-39-41-43-45-47-49-56(60)58-51-52-65-67(62,63)66-54-55(59)53-64-57(61)50-48-46-44-42-40-38-36-34-32-30-28-26-24-22-20-18-16-14-12-10-8-6-4-2/h11-14,17-20,23,25,29,31,55,59H,3-10,15-16,21-22,24,26-28,30,32-54H2,1-2H3,(H,58,60)(H,62,63)/b13-11-,14-12-,19-17-,20-18-,25-23-,31-29-. The first-order chi connectivity index (χ1) is 32.8. The monoisotopic (exact) mass is 960 g/mol. The van der Waals surface area contributed by atoms with Gasteiger partial charge in [0.2, 0.25) is 5.91 Å². The van der Waals surface area contributed by atoms with Gasteiger partial charge in [-0.2, -0.15) is 0 Å². The molecule has 0 aliphatic heterocycles. The molecule has 0 rings (SSSR count). The Morgan fingerprint density at radius 3 is 1.21 bits per heavy atom. The number of unbranched alkanes of at least 4 members (excludes halogenated alkanes) is 26. The average molecular weight is 960 g/mol. The van der Waals surface area contributed by atoms with Gasteiger partial charge in [0.25, 0.3) is 0 Å². The maximum absolute atomic E-state index is 12.2. The minimum absolute atomic E-state index is 0.0728. The van der Waals surface area contributed by atoms with Crippen molar-refractivity contribution >= 4 is 19.7 Å². The summed E-state index contributed by atoms with van der Waals surface area (Å²) < 4.78 is 27.0. The number of nitrogens with one attached hydrogen (secondary N) is 1. The molecular weight excluding hydrogens is 858 g/mol. The molecule has 0 heterocycles. The van der Waals surface area contributed by atoms with Gasteiger partial charge < -0.3 is 20.1 Å². The molecule has 67 heavy (non-hydrogen) atoms. The molecule has 0 fully saturated rings. The molecule has 0 saturated heterocycles. The molecule has 0 aromatic rings. The van der Waals surface area contributed by atoms with Gasteiger partial charge in [-0.25, -0.2) is 4.57 Å². The molecular formula is C57H102NO8P. The van der Waals surface area contributed by atoms with E-state index in [1.54, 1.807) is 0 Å². The van der Waals surface area contributed by atoms with E-state index in [2.05, 4.69) is 92.1 Å². The molecule has 1 amide bonds. The fourth-order valence-corrected chi connectivity index (χ4v) is 8.21. The molecule has 0 saturated carbocycles. The number of amides is 1. The number of hydrogen-bond acceptors (Lipinski definition) is 7. The lowest BCUT2D eigenvalue weighted by Crippen LogP contribution is -2.27. The molecule has 0 spiro atoms. The second-order valence-electron chi connectivity index (χ2n) is 18.2. The Hall–Kier alpha value is -2.55. The van der Waals surface area contributed by atoms with Gasteiger partial charge in [-0.05, 0) is 89.9 Å². The Morgan fingerprint density at radius 1 is 0.463 bits per heavy atom. The van der Waals surface area contributed by atoms with Gasteiger partial charge in [-0.1, -0.05) is 215 Å². The van der Waals surface area contributed by atoms with E-state index in [4.69, 9.17) is 13.8 Å².